The Balaban J connectivity index is 1.62. The van der Waals surface area contributed by atoms with E-state index in [1.54, 1.807) is 4.90 Å². The zero-order chi connectivity index (χ0) is 17.8. The molecule has 1 atom stereocenters. The molecule has 25 heavy (non-hydrogen) atoms. The van der Waals surface area contributed by atoms with Crippen LogP contribution < -0.4 is 16.0 Å². The summed E-state index contributed by atoms with van der Waals surface area (Å²) >= 11 is 0. The fraction of sp³-hybridized carbons (Fsp3) is 0.300. The van der Waals surface area contributed by atoms with E-state index in [-0.39, 0.29) is 11.8 Å². The fourth-order valence-electron chi connectivity index (χ4n) is 2.98. The molecule has 1 saturated heterocycles. The topological polar surface area (TPSA) is 75.4 Å². The largest absolute Gasteiger partial charge is 0.350 e. The van der Waals surface area contributed by atoms with Crippen LogP contribution in [0.5, 0.6) is 0 Å². The van der Waals surface area contributed by atoms with Crippen LogP contribution in [0, 0.1) is 6.92 Å². The first kappa shape index (κ1) is 17.2. The van der Waals surface area contributed by atoms with Crippen LogP contribution in [-0.2, 0) is 16.1 Å². The smallest absolute Gasteiger partial charge is 0.241 e. The Labute approximate surface area is 147 Å². The number of anilines is 1. The Hall–Kier alpha value is -2.66. The van der Waals surface area contributed by atoms with Crippen molar-refractivity contribution in [3.63, 3.8) is 0 Å². The van der Waals surface area contributed by atoms with Crippen molar-refractivity contribution in [1.82, 2.24) is 5.32 Å². The van der Waals surface area contributed by atoms with Crippen LogP contribution in [0.2, 0.25) is 0 Å². The average molecular weight is 337 g/mol. The Morgan fingerprint density at radius 1 is 1.24 bits per heavy atom. The molecule has 1 unspecified atom stereocenters. The predicted molar refractivity (Wildman–Crippen MR) is 98.0 cm³/mol. The third kappa shape index (κ3) is 4.06. The molecule has 3 N–H and O–H groups in total. The molecule has 0 aromatic heterocycles. The fourth-order valence-corrected chi connectivity index (χ4v) is 2.98. The number of carbonyl (C=O) groups excluding carboxylic acids is 2. The summed E-state index contributed by atoms with van der Waals surface area (Å²) in [7, 11) is 0. The van der Waals surface area contributed by atoms with Gasteiger partial charge in [-0.15, -0.1) is 0 Å². The van der Waals surface area contributed by atoms with E-state index in [2.05, 4.69) is 5.32 Å². The van der Waals surface area contributed by atoms with E-state index in [9.17, 15) is 9.59 Å². The van der Waals surface area contributed by atoms with Crippen molar-refractivity contribution in [1.29, 1.82) is 0 Å². The first-order chi connectivity index (χ1) is 12.0. The highest BCUT2D eigenvalue weighted by Gasteiger charge is 2.21. The van der Waals surface area contributed by atoms with E-state index in [0.29, 0.717) is 13.0 Å². The van der Waals surface area contributed by atoms with Gasteiger partial charge in [-0.05, 0) is 36.6 Å². The van der Waals surface area contributed by atoms with Gasteiger partial charge in [0.2, 0.25) is 11.8 Å². The van der Waals surface area contributed by atoms with Gasteiger partial charge in [-0.3, -0.25) is 9.59 Å². The predicted octanol–water partition coefficient (Wildman–Crippen LogP) is 2.44. The molecule has 130 valence electrons. The lowest BCUT2D eigenvalue weighted by Crippen LogP contribution is -2.33. The number of benzene rings is 2. The number of nitrogens with zero attached hydrogens (tertiary/aromatic N) is 1. The zero-order valence-corrected chi connectivity index (χ0v) is 14.4. The molecule has 1 aliphatic rings. The molecule has 2 amide bonds. The van der Waals surface area contributed by atoms with E-state index >= 15 is 0 Å². The standard InChI is InChI=1S/C20H23N3O2/c1-14-7-9-16(10-8-14)19(21)20(25)22-13-15-4-2-5-17(12-15)23-11-3-6-18(23)24/h2,4-5,7-10,12,19H,3,6,11,13,21H2,1H3,(H,22,25). The highest BCUT2D eigenvalue weighted by molar-refractivity contribution is 5.95. The van der Waals surface area contributed by atoms with E-state index < -0.39 is 6.04 Å². The van der Waals surface area contributed by atoms with Crippen molar-refractivity contribution in [3.05, 3.63) is 65.2 Å². The molecule has 0 saturated carbocycles. The van der Waals surface area contributed by atoms with Crippen LogP contribution in [0.3, 0.4) is 0 Å². The van der Waals surface area contributed by atoms with E-state index in [0.717, 1.165) is 35.3 Å². The van der Waals surface area contributed by atoms with Gasteiger partial charge < -0.3 is 16.0 Å². The summed E-state index contributed by atoms with van der Waals surface area (Å²) in [4.78, 5) is 26.0. The number of nitrogens with one attached hydrogen (secondary N) is 1. The van der Waals surface area contributed by atoms with Crippen molar-refractivity contribution in [2.75, 3.05) is 11.4 Å². The van der Waals surface area contributed by atoms with E-state index in [4.69, 9.17) is 5.73 Å². The van der Waals surface area contributed by atoms with E-state index in [1.807, 2.05) is 55.5 Å². The summed E-state index contributed by atoms with van der Waals surface area (Å²) in [6.07, 6.45) is 1.50. The summed E-state index contributed by atoms with van der Waals surface area (Å²) in [5.41, 5.74) is 9.79. The minimum atomic E-state index is -0.691. The Bertz CT molecular complexity index is 771. The maximum atomic E-state index is 12.3. The van der Waals surface area contributed by atoms with Crippen molar-refractivity contribution in [3.8, 4) is 0 Å². The summed E-state index contributed by atoms with van der Waals surface area (Å²) in [5, 5.41) is 2.87. The van der Waals surface area contributed by atoms with Gasteiger partial charge in [0.05, 0.1) is 0 Å². The van der Waals surface area contributed by atoms with Gasteiger partial charge in [-0.1, -0.05) is 42.0 Å². The number of nitrogens with two attached hydrogens (primary N) is 1. The quantitative estimate of drug-likeness (QED) is 0.880. The SMILES string of the molecule is Cc1ccc(C(N)C(=O)NCc2cccc(N3CCCC3=O)c2)cc1. The minimum absolute atomic E-state index is 0.155. The number of hydrogen-bond donors (Lipinski definition) is 2. The number of hydrogen-bond acceptors (Lipinski definition) is 3. The minimum Gasteiger partial charge on any atom is -0.350 e. The number of carbonyl (C=O) groups is 2. The van der Waals surface area contributed by atoms with Crippen LogP contribution in [-0.4, -0.2) is 18.4 Å². The van der Waals surface area contributed by atoms with Gasteiger partial charge >= 0.3 is 0 Å². The zero-order valence-electron chi connectivity index (χ0n) is 14.4. The number of amides is 2. The van der Waals surface area contributed by atoms with Crippen molar-refractivity contribution < 1.29 is 9.59 Å². The second kappa shape index (κ2) is 7.49. The third-order valence-electron chi connectivity index (χ3n) is 4.48. The summed E-state index contributed by atoms with van der Waals surface area (Å²) < 4.78 is 0. The Morgan fingerprint density at radius 3 is 2.68 bits per heavy atom. The molecule has 0 radical (unpaired) electrons. The molecule has 0 bridgehead atoms. The molecule has 2 aromatic carbocycles. The second-order valence-corrected chi connectivity index (χ2v) is 6.42. The lowest BCUT2D eigenvalue weighted by atomic mass is 10.1. The van der Waals surface area contributed by atoms with Gasteiger partial charge in [0.1, 0.15) is 6.04 Å². The first-order valence-corrected chi connectivity index (χ1v) is 8.54. The highest BCUT2D eigenvalue weighted by atomic mass is 16.2. The van der Waals surface area contributed by atoms with Crippen LogP contribution in [0.1, 0.15) is 35.6 Å². The summed E-state index contributed by atoms with van der Waals surface area (Å²) in [6, 6.07) is 14.7. The monoisotopic (exact) mass is 337 g/mol. The average Bonchev–Trinajstić information content (AvgIpc) is 3.06. The molecule has 5 heteroatoms. The van der Waals surface area contributed by atoms with Crippen LogP contribution in [0.15, 0.2) is 48.5 Å². The van der Waals surface area contributed by atoms with Crippen molar-refractivity contribution in [2.24, 2.45) is 5.73 Å². The van der Waals surface area contributed by atoms with Gasteiger partial charge in [0, 0.05) is 25.2 Å². The first-order valence-electron chi connectivity index (χ1n) is 8.54. The van der Waals surface area contributed by atoms with Gasteiger partial charge in [-0.25, -0.2) is 0 Å². The second-order valence-electron chi connectivity index (χ2n) is 6.42. The Morgan fingerprint density at radius 2 is 2.00 bits per heavy atom. The molecule has 1 heterocycles. The molecular formula is C20H23N3O2. The highest BCUT2D eigenvalue weighted by Crippen LogP contribution is 2.22. The number of rotatable bonds is 5. The lowest BCUT2D eigenvalue weighted by Gasteiger charge is -2.17. The molecule has 2 aromatic rings. The summed E-state index contributed by atoms with van der Waals surface area (Å²) in [6.45, 7) is 3.13. The van der Waals surface area contributed by atoms with Gasteiger partial charge in [0.25, 0.3) is 0 Å². The number of aryl methyl sites for hydroxylation is 1. The van der Waals surface area contributed by atoms with Crippen LogP contribution in [0.4, 0.5) is 5.69 Å². The third-order valence-corrected chi connectivity index (χ3v) is 4.48. The van der Waals surface area contributed by atoms with Crippen molar-refractivity contribution >= 4 is 17.5 Å². The maximum Gasteiger partial charge on any atom is 0.241 e. The van der Waals surface area contributed by atoms with Crippen molar-refractivity contribution in [2.45, 2.75) is 32.4 Å². The molecule has 0 spiro atoms. The molecule has 1 fully saturated rings. The van der Waals surface area contributed by atoms with Gasteiger partial charge in [0.15, 0.2) is 0 Å². The van der Waals surface area contributed by atoms with Crippen LogP contribution >= 0.6 is 0 Å². The van der Waals surface area contributed by atoms with Crippen LogP contribution in [0.25, 0.3) is 0 Å². The lowest BCUT2D eigenvalue weighted by molar-refractivity contribution is -0.122. The molecule has 0 aliphatic carbocycles. The molecule has 5 nitrogen and oxygen atoms in total. The maximum absolute atomic E-state index is 12.3. The van der Waals surface area contributed by atoms with Gasteiger partial charge in [-0.2, -0.15) is 0 Å². The molecule has 1 aliphatic heterocycles. The molecular weight excluding hydrogens is 314 g/mol. The van der Waals surface area contributed by atoms with E-state index in [1.165, 1.54) is 0 Å². The Kier molecular flexibility index (Phi) is 5.14. The molecule has 3 rings (SSSR count). The summed E-state index contributed by atoms with van der Waals surface area (Å²) in [5.74, 6) is -0.0610. The normalized spacial score (nSPS) is 15.3.